The van der Waals surface area contributed by atoms with Crippen LogP contribution >= 0.6 is 11.6 Å². The highest BCUT2D eigenvalue weighted by Crippen LogP contribution is 2.35. The Bertz CT molecular complexity index is 482. The molecule has 19 heavy (non-hydrogen) atoms. The molecule has 0 aliphatic carbocycles. The standard InChI is InChI=1S/C15H19ClO3/c1-4-8-15(2,9-7-14(17)18)11-5-6-12(16)13(10-11)19-3/h5-7,9-10H,4,8H2,1-3H3,(H,17,18)/b9-7+. The fourth-order valence-electron chi connectivity index (χ4n) is 2.11. The first-order valence-corrected chi connectivity index (χ1v) is 6.57. The molecule has 1 N–H and O–H groups in total. The number of hydrogen-bond donors (Lipinski definition) is 1. The lowest BCUT2D eigenvalue weighted by atomic mass is 9.78. The van der Waals surface area contributed by atoms with Crippen molar-refractivity contribution in [2.75, 3.05) is 7.11 Å². The Labute approximate surface area is 118 Å². The van der Waals surface area contributed by atoms with Crippen molar-refractivity contribution in [3.8, 4) is 5.75 Å². The molecule has 1 aromatic rings. The lowest BCUT2D eigenvalue weighted by molar-refractivity contribution is -0.131. The molecule has 1 atom stereocenters. The molecule has 0 aliphatic heterocycles. The van der Waals surface area contributed by atoms with Crippen molar-refractivity contribution in [1.82, 2.24) is 0 Å². The zero-order valence-electron chi connectivity index (χ0n) is 11.4. The van der Waals surface area contributed by atoms with E-state index in [0.717, 1.165) is 18.4 Å². The predicted octanol–water partition coefficient (Wildman–Crippen LogP) is 4.05. The molecule has 0 spiro atoms. The number of benzene rings is 1. The van der Waals surface area contributed by atoms with Crippen molar-refractivity contribution in [2.24, 2.45) is 0 Å². The van der Waals surface area contributed by atoms with E-state index < -0.39 is 5.97 Å². The van der Waals surface area contributed by atoms with Gasteiger partial charge in [-0.2, -0.15) is 0 Å². The largest absolute Gasteiger partial charge is 0.495 e. The Morgan fingerprint density at radius 1 is 1.53 bits per heavy atom. The minimum Gasteiger partial charge on any atom is -0.495 e. The summed E-state index contributed by atoms with van der Waals surface area (Å²) in [6.45, 7) is 4.08. The summed E-state index contributed by atoms with van der Waals surface area (Å²) in [4.78, 5) is 10.7. The zero-order chi connectivity index (χ0) is 14.5. The average molecular weight is 283 g/mol. The fraction of sp³-hybridized carbons (Fsp3) is 0.400. The van der Waals surface area contributed by atoms with Crippen LogP contribution in [0.25, 0.3) is 0 Å². The molecule has 1 aromatic carbocycles. The number of aliphatic carboxylic acids is 1. The molecule has 3 nitrogen and oxygen atoms in total. The second-order valence-electron chi connectivity index (χ2n) is 4.69. The van der Waals surface area contributed by atoms with Gasteiger partial charge in [-0.25, -0.2) is 4.79 Å². The number of methoxy groups -OCH3 is 1. The van der Waals surface area contributed by atoms with Crippen LogP contribution in [0.4, 0.5) is 0 Å². The van der Waals surface area contributed by atoms with Crippen LogP contribution in [0.5, 0.6) is 5.75 Å². The monoisotopic (exact) mass is 282 g/mol. The van der Waals surface area contributed by atoms with Gasteiger partial charge >= 0.3 is 5.97 Å². The van der Waals surface area contributed by atoms with Crippen molar-refractivity contribution < 1.29 is 14.6 Å². The molecular formula is C15H19ClO3. The molecule has 1 unspecified atom stereocenters. The van der Waals surface area contributed by atoms with Crippen LogP contribution < -0.4 is 4.74 Å². The van der Waals surface area contributed by atoms with E-state index in [1.54, 1.807) is 19.3 Å². The highest BCUT2D eigenvalue weighted by Gasteiger charge is 2.24. The van der Waals surface area contributed by atoms with Crippen LogP contribution in [0, 0.1) is 0 Å². The maximum absolute atomic E-state index is 10.7. The van der Waals surface area contributed by atoms with E-state index >= 15 is 0 Å². The van der Waals surface area contributed by atoms with E-state index in [0.29, 0.717) is 10.8 Å². The molecular weight excluding hydrogens is 264 g/mol. The molecule has 0 fully saturated rings. The van der Waals surface area contributed by atoms with E-state index in [-0.39, 0.29) is 5.41 Å². The van der Waals surface area contributed by atoms with Gasteiger partial charge in [-0.3, -0.25) is 0 Å². The average Bonchev–Trinajstić information content (AvgIpc) is 2.37. The summed E-state index contributed by atoms with van der Waals surface area (Å²) in [7, 11) is 1.56. The van der Waals surface area contributed by atoms with Crippen molar-refractivity contribution in [1.29, 1.82) is 0 Å². The fourth-order valence-corrected chi connectivity index (χ4v) is 2.31. The number of ether oxygens (including phenoxy) is 1. The van der Waals surface area contributed by atoms with Gasteiger partial charge in [0.25, 0.3) is 0 Å². The number of carbonyl (C=O) groups is 1. The van der Waals surface area contributed by atoms with Gasteiger partial charge in [-0.1, -0.05) is 44.0 Å². The Morgan fingerprint density at radius 2 is 2.21 bits per heavy atom. The lowest BCUT2D eigenvalue weighted by Crippen LogP contribution is -2.19. The van der Waals surface area contributed by atoms with Crippen LogP contribution in [0.3, 0.4) is 0 Å². The molecule has 0 saturated carbocycles. The second-order valence-corrected chi connectivity index (χ2v) is 5.10. The van der Waals surface area contributed by atoms with E-state index in [2.05, 4.69) is 6.92 Å². The molecule has 0 aromatic heterocycles. The third kappa shape index (κ3) is 4.00. The first kappa shape index (κ1) is 15.6. The first-order valence-electron chi connectivity index (χ1n) is 6.19. The second kappa shape index (κ2) is 6.62. The SMILES string of the molecule is CCCC(C)(/C=C/C(=O)O)c1ccc(Cl)c(OC)c1. The molecule has 0 radical (unpaired) electrons. The van der Waals surface area contributed by atoms with Gasteiger partial charge in [-0.05, 0) is 24.1 Å². The van der Waals surface area contributed by atoms with Crippen molar-refractivity contribution in [3.05, 3.63) is 40.9 Å². The molecule has 0 heterocycles. The number of carboxylic acid groups (broad SMARTS) is 1. The quantitative estimate of drug-likeness (QED) is 0.801. The Morgan fingerprint density at radius 3 is 2.74 bits per heavy atom. The Kier molecular flexibility index (Phi) is 5.43. The van der Waals surface area contributed by atoms with Crippen LogP contribution in [-0.4, -0.2) is 18.2 Å². The van der Waals surface area contributed by atoms with Gasteiger partial charge in [-0.15, -0.1) is 0 Å². The van der Waals surface area contributed by atoms with Crippen molar-refractivity contribution >= 4 is 17.6 Å². The lowest BCUT2D eigenvalue weighted by Gasteiger charge is -2.26. The van der Waals surface area contributed by atoms with Gasteiger partial charge in [0.15, 0.2) is 0 Å². The van der Waals surface area contributed by atoms with Gasteiger partial charge in [0.2, 0.25) is 0 Å². The Hall–Kier alpha value is -1.48. The third-order valence-electron chi connectivity index (χ3n) is 3.17. The maximum atomic E-state index is 10.7. The number of halogens is 1. The van der Waals surface area contributed by atoms with E-state index in [1.807, 2.05) is 19.1 Å². The summed E-state index contributed by atoms with van der Waals surface area (Å²) in [6.07, 6.45) is 4.71. The number of carboxylic acids is 1. The summed E-state index contributed by atoms with van der Waals surface area (Å²) >= 11 is 6.01. The van der Waals surface area contributed by atoms with Crippen LogP contribution in [0.2, 0.25) is 5.02 Å². The van der Waals surface area contributed by atoms with Gasteiger partial charge in [0, 0.05) is 11.5 Å². The Balaban J connectivity index is 3.21. The summed E-state index contributed by atoms with van der Waals surface area (Å²) in [5.41, 5.74) is 0.651. The summed E-state index contributed by atoms with van der Waals surface area (Å²) < 4.78 is 5.21. The van der Waals surface area contributed by atoms with Crippen LogP contribution in [-0.2, 0) is 10.2 Å². The molecule has 0 aliphatic rings. The van der Waals surface area contributed by atoms with Crippen molar-refractivity contribution in [3.63, 3.8) is 0 Å². The molecule has 104 valence electrons. The summed E-state index contributed by atoms with van der Waals surface area (Å²) in [5.74, 6) is -0.339. The van der Waals surface area contributed by atoms with E-state index in [9.17, 15) is 4.79 Å². The van der Waals surface area contributed by atoms with Crippen LogP contribution in [0.1, 0.15) is 32.3 Å². The molecule has 0 bridgehead atoms. The number of rotatable bonds is 6. The predicted molar refractivity (Wildman–Crippen MR) is 77.0 cm³/mol. The van der Waals surface area contributed by atoms with Gasteiger partial charge in [0.1, 0.15) is 5.75 Å². The van der Waals surface area contributed by atoms with E-state index in [1.165, 1.54) is 6.08 Å². The van der Waals surface area contributed by atoms with Crippen LogP contribution in [0.15, 0.2) is 30.4 Å². The third-order valence-corrected chi connectivity index (χ3v) is 3.49. The minimum absolute atomic E-state index is 0.342. The summed E-state index contributed by atoms with van der Waals surface area (Å²) in [5, 5.41) is 9.35. The normalized spacial score (nSPS) is 14.3. The van der Waals surface area contributed by atoms with Gasteiger partial charge in [0.05, 0.1) is 12.1 Å². The summed E-state index contributed by atoms with van der Waals surface area (Å²) in [6, 6.07) is 5.55. The van der Waals surface area contributed by atoms with Gasteiger partial charge < -0.3 is 9.84 Å². The smallest absolute Gasteiger partial charge is 0.328 e. The van der Waals surface area contributed by atoms with Crippen molar-refractivity contribution in [2.45, 2.75) is 32.1 Å². The highest BCUT2D eigenvalue weighted by atomic mass is 35.5. The topological polar surface area (TPSA) is 46.5 Å². The van der Waals surface area contributed by atoms with E-state index in [4.69, 9.17) is 21.4 Å². The zero-order valence-corrected chi connectivity index (χ0v) is 12.2. The molecule has 0 saturated heterocycles. The molecule has 0 amide bonds. The highest BCUT2D eigenvalue weighted by molar-refractivity contribution is 6.32. The minimum atomic E-state index is -0.941. The first-order chi connectivity index (χ1) is 8.92. The number of hydrogen-bond acceptors (Lipinski definition) is 2. The molecule has 1 rings (SSSR count). The number of allylic oxidation sites excluding steroid dienone is 1. The maximum Gasteiger partial charge on any atom is 0.328 e. The molecule has 4 heteroatoms.